The van der Waals surface area contributed by atoms with Crippen LogP contribution in [0.25, 0.3) is 0 Å². The molecule has 0 heterocycles. The number of anilines is 2. The van der Waals surface area contributed by atoms with E-state index in [-0.39, 0.29) is 11.4 Å². The minimum atomic E-state index is -4.91. The van der Waals surface area contributed by atoms with Gasteiger partial charge >= 0.3 is 12.1 Å². The Bertz CT molecular complexity index is 367. The van der Waals surface area contributed by atoms with E-state index in [9.17, 15) is 18.0 Å². The molecule has 0 bridgehead atoms. The monoisotopic (exact) mass is 218 g/mol. The molecule has 0 saturated carbocycles. The SMILES string of the molecule is Cc1cccc(N)c1NC(=O)C(F)(F)F. The molecular weight excluding hydrogens is 209 g/mol. The zero-order valence-corrected chi connectivity index (χ0v) is 7.85. The second-order valence-electron chi connectivity index (χ2n) is 2.99. The van der Waals surface area contributed by atoms with E-state index in [0.717, 1.165) is 0 Å². The number of amides is 1. The molecule has 0 aliphatic rings. The van der Waals surface area contributed by atoms with E-state index in [0.29, 0.717) is 5.56 Å². The van der Waals surface area contributed by atoms with Crippen LogP contribution in [0.3, 0.4) is 0 Å². The molecule has 3 N–H and O–H groups in total. The Morgan fingerprint density at radius 3 is 2.47 bits per heavy atom. The van der Waals surface area contributed by atoms with Crippen LogP contribution < -0.4 is 11.1 Å². The zero-order valence-electron chi connectivity index (χ0n) is 7.85. The van der Waals surface area contributed by atoms with Gasteiger partial charge in [-0.1, -0.05) is 12.1 Å². The van der Waals surface area contributed by atoms with Crippen LogP contribution in [0.15, 0.2) is 18.2 Å². The molecule has 0 atom stereocenters. The van der Waals surface area contributed by atoms with Crippen molar-refractivity contribution < 1.29 is 18.0 Å². The van der Waals surface area contributed by atoms with E-state index < -0.39 is 12.1 Å². The van der Waals surface area contributed by atoms with Gasteiger partial charge in [-0.15, -0.1) is 0 Å². The average Bonchev–Trinajstić information content (AvgIpc) is 2.09. The lowest BCUT2D eigenvalue weighted by atomic mass is 10.1. The Hall–Kier alpha value is -1.72. The highest BCUT2D eigenvalue weighted by Gasteiger charge is 2.39. The number of nitrogens with one attached hydrogen (secondary N) is 1. The fourth-order valence-corrected chi connectivity index (χ4v) is 1.05. The van der Waals surface area contributed by atoms with Gasteiger partial charge in [0.05, 0.1) is 11.4 Å². The molecule has 15 heavy (non-hydrogen) atoms. The van der Waals surface area contributed by atoms with E-state index in [2.05, 4.69) is 0 Å². The Kier molecular flexibility index (Phi) is 2.88. The van der Waals surface area contributed by atoms with E-state index in [1.54, 1.807) is 24.4 Å². The van der Waals surface area contributed by atoms with Gasteiger partial charge in [0.1, 0.15) is 0 Å². The number of carbonyl (C=O) groups is 1. The van der Waals surface area contributed by atoms with Crippen LogP contribution >= 0.6 is 0 Å². The van der Waals surface area contributed by atoms with Crippen LogP contribution in [0.2, 0.25) is 0 Å². The fraction of sp³-hybridized carbons (Fsp3) is 0.222. The van der Waals surface area contributed by atoms with E-state index >= 15 is 0 Å². The summed E-state index contributed by atoms with van der Waals surface area (Å²) in [5, 5.41) is 1.73. The molecule has 0 spiro atoms. The van der Waals surface area contributed by atoms with Crippen molar-refractivity contribution in [1.82, 2.24) is 0 Å². The summed E-state index contributed by atoms with van der Waals surface area (Å²) in [5.74, 6) is -2.02. The van der Waals surface area contributed by atoms with Crippen molar-refractivity contribution in [3.63, 3.8) is 0 Å². The van der Waals surface area contributed by atoms with E-state index in [4.69, 9.17) is 5.73 Å². The number of benzene rings is 1. The molecule has 1 aromatic carbocycles. The predicted octanol–water partition coefficient (Wildman–Crippen LogP) is 2.08. The van der Waals surface area contributed by atoms with Gasteiger partial charge in [0.15, 0.2) is 0 Å². The van der Waals surface area contributed by atoms with Crippen molar-refractivity contribution in [3.05, 3.63) is 23.8 Å². The molecule has 0 fully saturated rings. The molecule has 3 nitrogen and oxygen atoms in total. The van der Waals surface area contributed by atoms with Gasteiger partial charge in [-0.25, -0.2) is 0 Å². The number of aryl methyl sites for hydroxylation is 1. The van der Waals surface area contributed by atoms with Gasteiger partial charge in [0, 0.05) is 0 Å². The van der Waals surface area contributed by atoms with Crippen molar-refractivity contribution >= 4 is 17.3 Å². The lowest BCUT2D eigenvalue weighted by molar-refractivity contribution is -0.167. The number of para-hydroxylation sites is 1. The second-order valence-corrected chi connectivity index (χ2v) is 2.99. The first-order valence-corrected chi connectivity index (χ1v) is 4.05. The molecule has 82 valence electrons. The van der Waals surface area contributed by atoms with Crippen molar-refractivity contribution in [3.8, 4) is 0 Å². The minimum Gasteiger partial charge on any atom is -0.397 e. The van der Waals surface area contributed by atoms with Crippen molar-refractivity contribution in [2.24, 2.45) is 0 Å². The van der Waals surface area contributed by atoms with Crippen molar-refractivity contribution in [1.29, 1.82) is 0 Å². The molecule has 6 heteroatoms. The molecule has 0 unspecified atom stereocenters. The topological polar surface area (TPSA) is 55.1 Å². The van der Waals surface area contributed by atoms with Crippen LogP contribution in [0, 0.1) is 6.92 Å². The second kappa shape index (κ2) is 3.80. The molecule has 1 rings (SSSR count). The number of hydrogen-bond donors (Lipinski definition) is 2. The summed E-state index contributed by atoms with van der Waals surface area (Å²) in [6.07, 6.45) is -4.91. The number of halogens is 3. The third kappa shape index (κ3) is 2.61. The molecule has 0 aliphatic carbocycles. The molecule has 1 amide bonds. The summed E-state index contributed by atoms with van der Waals surface area (Å²) in [6, 6.07) is 4.56. The number of alkyl halides is 3. The summed E-state index contributed by atoms with van der Waals surface area (Å²) >= 11 is 0. The first-order chi connectivity index (χ1) is 6.82. The number of rotatable bonds is 1. The Morgan fingerprint density at radius 1 is 1.40 bits per heavy atom. The summed E-state index contributed by atoms with van der Waals surface area (Å²) in [6.45, 7) is 1.56. The zero-order chi connectivity index (χ0) is 11.6. The van der Waals surface area contributed by atoms with Crippen molar-refractivity contribution in [2.75, 3.05) is 11.1 Å². The van der Waals surface area contributed by atoms with Gasteiger partial charge in [-0.2, -0.15) is 13.2 Å². The van der Waals surface area contributed by atoms with Gasteiger partial charge in [0.2, 0.25) is 0 Å². The predicted molar refractivity (Wildman–Crippen MR) is 50.3 cm³/mol. The lowest BCUT2D eigenvalue weighted by Crippen LogP contribution is -2.30. The summed E-state index contributed by atoms with van der Waals surface area (Å²) in [5.41, 5.74) is 6.01. The maximum absolute atomic E-state index is 11.9. The largest absolute Gasteiger partial charge is 0.471 e. The number of carbonyl (C=O) groups excluding carboxylic acids is 1. The molecule has 0 aromatic heterocycles. The molecule has 0 aliphatic heterocycles. The van der Waals surface area contributed by atoms with Gasteiger partial charge in [-0.05, 0) is 18.6 Å². The number of hydrogen-bond acceptors (Lipinski definition) is 2. The van der Waals surface area contributed by atoms with Crippen LogP contribution in [0.5, 0.6) is 0 Å². The third-order valence-corrected chi connectivity index (χ3v) is 1.80. The highest BCUT2D eigenvalue weighted by molar-refractivity contribution is 5.98. The van der Waals surface area contributed by atoms with Gasteiger partial charge in [-0.3, -0.25) is 4.79 Å². The quantitative estimate of drug-likeness (QED) is 0.709. The van der Waals surface area contributed by atoms with Crippen LogP contribution in [-0.4, -0.2) is 12.1 Å². The normalized spacial score (nSPS) is 11.2. The number of nitrogens with two attached hydrogens (primary N) is 1. The van der Waals surface area contributed by atoms with Gasteiger partial charge in [0.25, 0.3) is 0 Å². The Labute approximate surface area is 84.1 Å². The maximum atomic E-state index is 11.9. The number of nitrogen functional groups attached to an aromatic ring is 1. The lowest BCUT2D eigenvalue weighted by Gasteiger charge is -2.12. The minimum absolute atomic E-state index is 0.000162. The van der Waals surface area contributed by atoms with Crippen LogP contribution in [0.1, 0.15) is 5.56 Å². The van der Waals surface area contributed by atoms with Crippen LogP contribution in [0.4, 0.5) is 24.5 Å². The molecule has 0 radical (unpaired) electrons. The average molecular weight is 218 g/mol. The highest BCUT2D eigenvalue weighted by atomic mass is 19.4. The third-order valence-electron chi connectivity index (χ3n) is 1.80. The maximum Gasteiger partial charge on any atom is 0.471 e. The summed E-state index contributed by atoms with van der Waals surface area (Å²) in [4.78, 5) is 10.6. The van der Waals surface area contributed by atoms with Gasteiger partial charge < -0.3 is 11.1 Å². The standard InChI is InChI=1S/C9H9F3N2O/c1-5-3-2-4-6(13)7(5)14-8(15)9(10,11)12/h2-4H,13H2,1H3,(H,14,15). The van der Waals surface area contributed by atoms with Crippen LogP contribution in [-0.2, 0) is 4.79 Å². The highest BCUT2D eigenvalue weighted by Crippen LogP contribution is 2.25. The van der Waals surface area contributed by atoms with Crippen molar-refractivity contribution in [2.45, 2.75) is 13.1 Å². The first-order valence-electron chi connectivity index (χ1n) is 4.05. The summed E-state index contributed by atoms with van der Waals surface area (Å²) in [7, 11) is 0. The molecule has 0 saturated heterocycles. The van der Waals surface area contributed by atoms with E-state index in [1.807, 2.05) is 0 Å². The Balaban J connectivity index is 2.95. The smallest absolute Gasteiger partial charge is 0.397 e. The molecule has 1 aromatic rings. The summed E-state index contributed by atoms with van der Waals surface area (Å²) < 4.78 is 35.8. The van der Waals surface area contributed by atoms with E-state index in [1.165, 1.54) is 6.07 Å². The Morgan fingerprint density at radius 2 is 2.00 bits per heavy atom. The fourth-order valence-electron chi connectivity index (χ4n) is 1.05. The first kappa shape index (κ1) is 11.4. The molecular formula is C9H9F3N2O.